The Balaban J connectivity index is 2.21. The molecule has 0 amide bonds. The summed E-state index contributed by atoms with van der Waals surface area (Å²) in [6.07, 6.45) is 3.23. The molecule has 1 heterocycles. The molecule has 0 aliphatic carbocycles. The molecule has 120 valence electrons. The first-order valence-electron chi connectivity index (χ1n) is 8.19. The largest absolute Gasteiger partial charge is 0.354 e. The Morgan fingerprint density at radius 2 is 1.83 bits per heavy atom. The van der Waals surface area contributed by atoms with Gasteiger partial charge in [0, 0.05) is 20.9 Å². The van der Waals surface area contributed by atoms with Crippen molar-refractivity contribution >= 4 is 26.8 Å². The minimum absolute atomic E-state index is 0.755. The van der Waals surface area contributed by atoms with Crippen molar-refractivity contribution in [2.45, 2.75) is 33.1 Å². The molecule has 1 aromatic heterocycles. The summed E-state index contributed by atoms with van der Waals surface area (Å²) in [6, 6.07) is 12.9. The van der Waals surface area contributed by atoms with Gasteiger partial charge in [0.2, 0.25) is 0 Å². The van der Waals surface area contributed by atoms with E-state index in [-0.39, 0.29) is 0 Å². The summed E-state index contributed by atoms with van der Waals surface area (Å²) in [6.45, 7) is 5.12. The maximum Gasteiger partial charge on any atom is 0.0508 e. The van der Waals surface area contributed by atoms with Crippen molar-refractivity contribution in [2.75, 3.05) is 6.54 Å². The Hall–Kier alpha value is -1.58. The first-order chi connectivity index (χ1) is 11.1. The fourth-order valence-electron chi connectivity index (χ4n) is 3.16. The van der Waals surface area contributed by atoms with Crippen molar-refractivity contribution in [3.05, 3.63) is 57.6 Å². The quantitative estimate of drug-likeness (QED) is 0.572. The fourth-order valence-corrected chi connectivity index (χ4v) is 3.65. The predicted molar refractivity (Wildman–Crippen MR) is 103 cm³/mol. The van der Waals surface area contributed by atoms with E-state index in [9.17, 15) is 0 Å². The van der Waals surface area contributed by atoms with Gasteiger partial charge < -0.3 is 10.7 Å². The van der Waals surface area contributed by atoms with Crippen molar-refractivity contribution in [1.29, 1.82) is 0 Å². The number of benzene rings is 2. The molecule has 3 N–H and O–H groups in total. The number of nitrogens with one attached hydrogen (secondary N) is 1. The maximum atomic E-state index is 5.68. The van der Waals surface area contributed by atoms with Crippen LogP contribution in [0.1, 0.15) is 29.5 Å². The van der Waals surface area contributed by atoms with Crippen LogP contribution in [0.25, 0.3) is 22.2 Å². The molecule has 0 atom stereocenters. The van der Waals surface area contributed by atoms with Crippen LogP contribution in [0.3, 0.4) is 0 Å². The number of nitrogens with two attached hydrogens (primary N) is 1. The zero-order chi connectivity index (χ0) is 16.4. The number of hydrogen-bond donors (Lipinski definition) is 2. The van der Waals surface area contributed by atoms with Gasteiger partial charge in [-0.3, -0.25) is 0 Å². The third-order valence-electron chi connectivity index (χ3n) is 4.64. The highest BCUT2D eigenvalue weighted by molar-refractivity contribution is 9.10. The number of halogens is 1. The monoisotopic (exact) mass is 370 g/mol. The van der Waals surface area contributed by atoms with Crippen LogP contribution in [-0.2, 0) is 6.42 Å². The number of fused-ring (bicyclic) bond motifs is 1. The second-order valence-electron chi connectivity index (χ2n) is 6.13. The lowest BCUT2D eigenvalue weighted by molar-refractivity contribution is 0.748. The van der Waals surface area contributed by atoms with E-state index in [1.165, 1.54) is 38.9 Å². The first-order valence-corrected chi connectivity index (χ1v) is 8.98. The van der Waals surface area contributed by atoms with Crippen molar-refractivity contribution < 1.29 is 0 Å². The second-order valence-corrected chi connectivity index (χ2v) is 6.99. The topological polar surface area (TPSA) is 41.8 Å². The number of H-pyrrole nitrogens is 1. The summed E-state index contributed by atoms with van der Waals surface area (Å²) in [5, 5.41) is 1.34. The highest BCUT2D eigenvalue weighted by Gasteiger charge is 2.16. The third kappa shape index (κ3) is 3.08. The molecule has 0 spiro atoms. The molecule has 3 heteroatoms. The Morgan fingerprint density at radius 1 is 1.04 bits per heavy atom. The molecule has 0 unspecified atom stereocenters. The van der Waals surface area contributed by atoms with Gasteiger partial charge in [-0.1, -0.05) is 46.3 Å². The highest BCUT2D eigenvalue weighted by Crippen LogP contribution is 2.36. The average molecular weight is 371 g/mol. The second kappa shape index (κ2) is 6.90. The number of aromatic nitrogens is 1. The van der Waals surface area contributed by atoms with E-state index < -0.39 is 0 Å². The molecule has 0 aliphatic rings. The van der Waals surface area contributed by atoms with E-state index in [2.05, 4.69) is 71.2 Å². The zero-order valence-corrected chi connectivity index (χ0v) is 15.3. The fraction of sp³-hybridized carbons (Fsp3) is 0.300. The molecule has 0 bridgehead atoms. The summed E-state index contributed by atoms with van der Waals surface area (Å²) < 4.78 is 1.13. The molecule has 0 saturated carbocycles. The Morgan fingerprint density at radius 3 is 2.57 bits per heavy atom. The van der Waals surface area contributed by atoms with Gasteiger partial charge in [-0.15, -0.1) is 0 Å². The maximum absolute atomic E-state index is 5.68. The number of hydrogen-bond acceptors (Lipinski definition) is 1. The lowest BCUT2D eigenvalue weighted by atomic mass is 9.98. The van der Waals surface area contributed by atoms with Crippen LogP contribution in [0.4, 0.5) is 0 Å². The summed E-state index contributed by atoms with van der Waals surface area (Å²) in [5.41, 5.74) is 13.5. The third-order valence-corrected chi connectivity index (χ3v) is 5.33. The van der Waals surface area contributed by atoms with Gasteiger partial charge in [0.05, 0.1) is 5.69 Å². The molecule has 3 rings (SSSR count). The minimum atomic E-state index is 0.755. The molecule has 3 aromatic rings. The number of unbranched alkanes of at least 4 members (excludes halogenated alkanes) is 1. The van der Waals surface area contributed by atoms with Gasteiger partial charge in [-0.05, 0) is 62.4 Å². The summed E-state index contributed by atoms with van der Waals surface area (Å²) >= 11 is 3.70. The molecule has 0 fully saturated rings. The van der Waals surface area contributed by atoms with Crippen LogP contribution in [-0.4, -0.2) is 11.5 Å². The van der Waals surface area contributed by atoms with Crippen molar-refractivity contribution in [1.82, 2.24) is 4.98 Å². The summed E-state index contributed by atoms with van der Waals surface area (Å²) in [5.74, 6) is 0. The van der Waals surface area contributed by atoms with Gasteiger partial charge >= 0.3 is 0 Å². The molecular weight excluding hydrogens is 348 g/mol. The Kier molecular flexibility index (Phi) is 4.88. The van der Waals surface area contributed by atoms with E-state index in [0.29, 0.717) is 0 Å². The molecule has 23 heavy (non-hydrogen) atoms. The van der Waals surface area contributed by atoms with Crippen LogP contribution in [0.5, 0.6) is 0 Å². The Labute approximate surface area is 146 Å². The zero-order valence-electron chi connectivity index (χ0n) is 13.7. The number of rotatable bonds is 5. The van der Waals surface area contributed by atoms with Crippen molar-refractivity contribution in [3.63, 3.8) is 0 Å². The van der Waals surface area contributed by atoms with E-state index >= 15 is 0 Å². The molecule has 2 aromatic carbocycles. The summed E-state index contributed by atoms with van der Waals surface area (Å²) in [7, 11) is 0. The van der Waals surface area contributed by atoms with Gasteiger partial charge in [-0.2, -0.15) is 0 Å². The van der Waals surface area contributed by atoms with Gasteiger partial charge in [0.1, 0.15) is 0 Å². The average Bonchev–Trinajstić information content (AvgIpc) is 2.91. The first kappa shape index (κ1) is 16.3. The van der Waals surface area contributed by atoms with Gasteiger partial charge in [-0.25, -0.2) is 0 Å². The van der Waals surface area contributed by atoms with Crippen LogP contribution >= 0.6 is 15.9 Å². The molecule has 2 nitrogen and oxygen atoms in total. The van der Waals surface area contributed by atoms with Crippen molar-refractivity contribution in [2.24, 2.45) is 5.73 Å². The highest BCUT2D eigenvalue weighted by atomic mass is 79.9. The van der Waals surface area contributed by atoms with E-state index in [0.717, 1.165) is 30.3 Å². The summed E-state index contributed by atoms with van der Waals surface area (Å²) in [4.78, 5) is 3.70. The molecular formula is C20H23BrN2. The van der Waals surface area contributed by atoms with Crippen molar-refractivity contribution in [3.8, 4) is 11.3 Å². The van der Waals surface area contributed by atoms with Crippen LogP contribution in [0, 0.1) is 13.8 Å². The van der Waals surface area contributed by atoms with Gasteiger partial charge in [0.25, 0.3) is 0 Å². The number of aromatic amines is 1. The van der Waals surface area contributed by atoms with Crippen LogP contribution < -0.4 is 5.73 Å². The smallest absolute Gasteiger partial charge is 0.0508 e. The lowest BCUT2D eigenvalue weighted by Gasteiger charge is -2.07. The van der Waals surface area contributed by atoms with Crippen LogP contribution in [0.15, 0.2) is 40.9 Å². The molecule has 0 saturated heterocycles. The minimum Gasteiger partial charge on any atom is -0.354 e. The Bertz CT molecular complexity index is 833. The molecule has 0 radical (unpaired) electrons. The van der Waals surface area contributed by atoms with E-state index in [1.54, 1.807) is 0 Å². The number of aryl methyl sites for hydroxylation is 3. The van der Waals surface area contributed by atoms with E-state index in [4.69, 9.17) is 5.73 Å². The lowest BCUT2D eigenvalue weighted by Crippen LogP contribution is -1.99. The normalized spacial score (nSPS) is 11.3. The predicted octanol–water partition coefficient (Wildman–Crippen LogP) is 5.50. The SMILES string of the molecule is Cc1ccc2c(CCCCN)c(-c3ccccc3Br)[nH]c2c1C. The van der Waals surface area contributed by atoms with Gasteiger partial charge in [0.15, 0.2) is 0 Å². The van der Waals surface area contributed by atoms with E-state index in [1.807, 2.05) is 0 Å². The standard InChI is InChI=1S/C20H23BrN2/c1-13-10-11-16-15(7-5-6-12-22)20(23-19(16)14(13)2)17-8-3-4-9-18(17)21/h3-4,8-11,23H,5-7,12,22H2,1-2H3. The van der Waals surface area contributed by atoms with Crippen LogP contribution in [0.2, 0.25) is 0 Å². The molecule has 0 aliphatic heterocycles.